The lowest BCUT2D eigenvalue weighted by molar-refractivity contribution is 0.0691. The number of aromatic nitrogens is 3. The summed E-state index contributed by atoms with van der Waals surface area (Å²) in [6.45, 7) is 0. The van der Waals surface area contributed by atoms with Gasteiger partial charge in [0, 0.05) is 22.9 Å². The number of rotatable bonds is 10. The normalized spacial score (nSPS) is 16.0. The van der Waals surface area contributed by atoms with Crippen molar-refractivity contribution in [3.63, 3.8) is 0 Å². The van der Waals surface area contributed by atoms with E-state index in [0.717, 1.165) is 65.9 Å². The molecule has 2 aliphatic rings. The lowest BCUT2D eigenvalue weighted by Gasteiger charge is -2.14. The van der Waals surface area contributed by atoms with Gasteiger partial charge in [0.1, 0.15) is 5.75 Å². The second-order valence-corrected chi connectivity index (χ2v) is 12.2. The SMILES string of the molecule is N.O=C(O)c1csc(-n2nc(-c3cccc(OC4CCCC4)c3)c(Cc3ccc([SH+](=O)[O-])cc3)c2CC2CC2)n1. The lowest BCUT2D eigenvalue weighted by Crippen LogP contribution is -2.10. The van der Waals surface area contributed by atoms with Crippen LogP contribution in [0, 0.1) is 5.92 Å². The number of thiazole rings is 1. The lowest BCUT2D eigenvalue weighted by atomic mass is 9.97. The Morgan fingerprint density at radius 1 is 1.12 bits per heavy atom. The molecular weight excluding hydrogens is 548 g/mol. The Hall–Kier alpha value is -3.38. The topological polar surface area (TPSA) is 152 Å². The number of ether oxygens (including phenoxy) is 1. The van der Waals surface area contributed by atoms with E-state index in [9.17, 15) is 18.7 Å². The first kappa shape index (κ1) is 28.2. The number of carboxylic acid groups (broad SMARTS) is 1. The fourth-order valence-electron chi connectivity index (χ4n) is 5.18. The van der Waals surface area contributed by atoms with E-state index in [1.165, 1.54) is 24.2 Å². The monoisotopic (exact) mass is 580 g/mol. The van der Waals surface area contributed by atoms with Gasteiger partial charge in [-0.3, -0.25) is 0 Å². The van der Waals surface area contributed by atoms with E-state index in [4.69, 9.17) is 9.84 Å². The Balaban J connectivity index is 0.00000323. The van der Waals surface area contributed by atoms with Crippen molar-refractivity contribution in [1.29, 1.82) is 0 Å². The molecule has 1 unspecified atom stereocenters. The molecule has 0 amide bonds. The van der Waals surface area contributed by atoms with Gasteiger partial charge in [-0.2, -0.15) is 5.10 Å². The summed E-state index contributed by atoms with van der Waals surface area (Å²) in [6.07, 6.45) is 8.41. The molecule has 0 bridgehead atoms. The highest BCUT2D eigenvalue weighted by Crippen LogP contribution is 2.39. The molecule has 2 saturated carbocycles. The van der Waals surface area contributed by atoms with Crippen LogP contribution in [0.25, 0.3) is 16.4 Å². The molecule has 6 rings (SSSR count). The first-order valence-electron chi connectivity index (χ1n) is 13.2. The molecule has 2 aromatic heterocycles. The molecule has 210 valence electrons. The summed E-state index contributed by atoms with van der Waals surface area (Å²) >= 11 is -1.38. The highest BCUT2D eigenvalue weighted by molar-refractivity contribution is 7.79. The minimum absolute atomic E-state index is 0. The molecule has 0 spiro atoms. The highest BCUT2D eigenvalue weighted by atomic mass is 32.2. The van der Waals surface area contributed by atoms with E-state index in [2.05, 4.69) is 4.98 Å². The summed E-state index contributed by atoms with van der Waals surface area (Å²) in [5.41, 5.74) is 4.74. The molecule has 0 radical (unpaired) electrons. The third kappa shape index (κ3) is 6.17. The fourth-order valence-corrected chi connectivity index (χ4v) is 6.35. The quantitative estimate of drug-likeness (QED) is 0.174. The van der Waals surface area contributed by atoms with Gasteiger partial charge in [0.25, 0.3) is 0 Å². The van der Waals surface area contributed by atoms with Gasteiger partial charge in [-0.1, -0.05) is 24.3 Å². The van der Waals surface area contributed by atoms with Crippen molar-refractivity contribution in [2.24, 2.45) is 5.92 Å². The molecule has 4 aromatic rings. The maximum atomic E-state index is 11.6. The summed E-state index contributed by atoms with van der Waals surface area (Å²) in [5, 5.41) is 16.6. The molecule has 40 heavy (non-hydrogen) atoms. The molecule has 11 heteroatoms. The number of hydrogen-bond donors (Lipinski definition) is 2. The summed E-state index contributed by atoms with van der Waals surface area (Å²) in [4.78, 5) is 16.2. The van der Waals surface area contributed by atoms with Gasteiger partial charge in [-0.05, 0) is 80.7 Å². The molecule has 2 fully saturated rings. The Kier molecular flexibility index (Phi) is 8.46. The molecule has 0 saturated heterocycles. The van der Waals surface area contributed by atoms with E-state index >= 15 is 0 Å². The fraction of sp³-hybridized carbons (Fsp3) is 0.345. The van der Waals surface area contributed by atoms with Crippen LogP contribution in [-0.2, 0) is 28.1 Å². The van der Waals surface area contributed by atoms with Crippen LogP contribution in [0.2, 0.25) is 0 Å². The molecule has 0 aliphatic heterocycles. The summed E-state index contributed by atoms with van der Waals surface area (Å²) in [6, 6.07) is 15.0. The van der Waals surface area contributed by atoms with Crippen LogP contribution in [0.1, 0.15) is 65.8 Å². The maximum Gasteiger partial charge on any atom is 0.355 e. The second-order valence-electron chi connectivity index (χ2n) is 10.3. The first-order valence-corrected chi connectivity index (χ1v) is 15.3. The summed E-state index contributed by atoms with van der Waals surface area (Å²) < 4.78 is 30.9. The smallest absolute Gasteiger partial charge is 0.355 e. The van der Waals surface area contributed by atoms with Crippen molar-refractivity contribution in [3.05, 3.63) is 76.4 Å². The van der Waals surface area contributed by atoms with Crippen molar-refractivity contribution >= 4 is 28.4 Å². The van der Waals surface area contributed by atoms with Crippen LogP contribution < -0.4 is 10.9 Å². The number of aromatic carboxylic acids is 1. The number of carboxylic acids is 1. The largest absolute Gasteiger partial charge is 0.612 e. The van der Waals surface area contributed by atoms with Crippen LogP contribution in [0.3, 0.4) is 0 Å². The van der Waals surface area contributed by atoms with Crippen LogP contribution in [-0.4, -0.2) is 36.5 Å². The third-order valence-electron chi connectivity index (χ3n) is 7.40. The van der Waals surface area contributed by atoms with Crippen LogP contribution in [0.5, 0.6) is 5.75 Å². The van der Waals surface area contributed by atoms with Crippen molar-refractivity contribution in [2.45, 2.75) is 62.4 Å². The number of benzene rings is 2. The number of hydrogen-bond acceptors (Lipinski definition) is 8. The van der Waals surface area contributed by atoms with Gasteiger partial charge in [-0.25, -0.2) is 14.5 Å². The highest BCUT2D eigenvalue weighted by Gasteiger charge is 2.29. The van der Waals surface area contributed by atoms with Gasteiger partial charge >= 0.3 is 5.97 Å². The Morgan fingerprint density at radius 3 is 2.52 bits per heavy atom. The van der Waals surface area contributed by atoms with Crippen molar-refractivity contribution in [1.82, 2.24) is 20.9 Å². The zero-order valence-electron chi connectivity index (χ0n) is 22.0. The standard InChI is InChI=1S/C29H29N3O5S2.H3N/c33-28(34)25-17-38-29(30-25)32-26(15-19-8-9-19)24(14-18-10-12-23(13-11-18)39(35)36)27(31-32)20-4-3-7-22(16-20)37-21-5-1-2-6-21;/h3-4,7,10-13,16-17,19,21,39H,1-2,5-6,8-9,14-15H2,(H-,33,34,35,36);1H3. The molecular formula is C29H32N4O5S2. The zero-order valence-corrected chi connectivity index (χ0v) is 23.7. The zero-order chi connectivity index (χ0) is 26.9. The molecule has 2 aromatic carbocycles. The predicted molar refractivity (Wildman–Crippen MR) is 154 cm³/mol. The maximum absolute atomic E-state index is 11.6. The Bertz CT molecular complexity index is 1520. The minimum Gasteiger partial charge on any atom is -0.612 e. The minimum atomic E-state index is -2.64. The van der Waals surface area contributed by atoms with E-state index in [-0.39, 0.29) is 22.8 Å². The summed E-state index contributed by atoms with van der Waals surface area (Å²) in [7, 11) is 0. The number of thiol groups is 1. The van der Waals surface area contributed by atoms with E-state index in [1.54, 1.807) is 17.5 Å². The van der Waals surface area contributed by atoms with E-state index in [1.807, 2.05) is 41.1 Å². The van der Waals surface area contributed by atoms with Gasteiger partial charge in [0.2, 0.25) is 5.13 Å². The Morgan fingerprint density at radius 2 is 1.88 bits per heavy atom. The average molecular weight is 581 g/mol. The molecule has 1 atom stereocenters. The predicted octanol–water partition coefficient (Wildman–Crippen LogP) is 5.91. The van der Waals surface area contributed by atoms with Gasteiger partial charge in [0.05, 0.1) is 28.6 Å². The van der Waals surface area contributed by atoms with Gasteiger partial charge in [0.15, 0.2) is 10.6 Å². The van der Waals surface area contributed by atoms with Gasteiger partial charge < -0.3 is 20.5 Å². The second kappa shape index (κ2) is 12.0. The van der Waals surface area contributed by atoms with Crippen LogP contribution in [0.15, 0.2) is 58.8 Å². The third-order valence-corrected chi connectivity index (χ3v) is 8.94. The number of nitrogens with zero attached hydrogens (tertiary/aromatic N) is 3. The van der Waals surface area contributed by atoms with E-state index < -0.39 is 17.0 Å². The Labute approximate surface area is 239 Å². The van der Waals surface area contributed by atoms with Crippen molar-refractivity contribution in [3.8, 4) is 22.1 Å². The molecule has 2 aliphatic carbocycles. The van der Waals surface area contributed by atoms with Crippen molar-refractivity contribution < 1.29 is 23.4 Å². The molecule has 2 heterocycles. The van der Waals surface area contributed by atoms with Crippen molar-refractivity contribution in [2.75, 3.05) is 0 Å². The average Bonchev–Trinajstić information content (AvgIpc) is 3.28. The van der Waals surface area contributed by atoms with E-state index in [0.29, 0.717) is 17.5 Å². The molecule has 9 nitrogen and oxygen atoms in total. The van der Waals surface area contributed by atoms with Crippen LogP contribution in [0.4, 0.5) is 0 Å². The van der Waals surface area contributed by atoms with Crippen LogP contribution >= 0.6 is 11.3 Å². The summed E-state index contributed by atoms with van der Waals surface area (Å²) in [5.74, 6) is 0.298. The molecule has 4 N–H and O–H groups in total. The first-order chi connectivity index (χ1) is 18.9. The number of carbonyl (C=O) groups is 1. The van der Waals surface area contributed by atoms with Gasteiger partial charge in [-0.15, -0.1) is 15.5 Å².